The molecule has 5 nitrogen and oxygen atoms in total. The summed E-state index contributed by atoms with van der Waals surface area (Å²) in [6.45, 7) is 10.5. The van der Waals surface area contributed by atoms with Gasteiger partial charge in [0.1, 0.15) is 0 Å². The van der Waals surface area contributed by atoms with E-state index < -0.39 is 0 Å². The maximum Gasteiger partial charge on any atom is 0.255 e. The minimum atomic E-state index is -0.316. The summed E-state index contributed by atoms with van der Waals surface area (Å²) in [7, 11) is 0. The lowest BCUT2D eigenvalue weighted by Crippen LogP contribution is -2.46. The van der Waals surface area contributed by atoms with E-state index in [0.717, 1.165) is 10.9 Å². The summed E-state index contributed by atoms with van der Waals surface area (Å²) >= 11 is 3.31. The van der Waals surface area contributed by atoms with Gasteiger partial charge < -0.3 is 10.7 Å². The lowest BCUT2D eigenvalue weighted by atomic mass is 9.81. The van der Waals surface area contributed by atoms with E-state index in [4.69, 9.17) is 5.84 Å². The molecule has 20 heavy (non-hydrogen) atoms. The maximum absolute atomic E-state index is 12.4. The highest BCUT2D eigenvalue weighted by atomic mass is 79.9. The fraction of sp³-hybridized carbons (Fsp3) is 0.571. The Morgan fingerprint density at radius 3 is 2.45 bits per heavy atom. The first-order valence-electron chi connectivity index (χ1n) is 6.49. The second kappa shape index (κ2) is 6.10. The Labute approximate surface area is 128 Å². The van der Waals surface area contributed by atoms with Crippen LogP contribution in [0.1, 0.15) is 51.4 Å². The number of nitrogens with two attached hydrogens (primary N) is 1. The Hall–Kier alpha value is -1.14. The highest BCUT2D eigenvalue weighted by Crippen LogP contribution is 2.27. The van der Waals surface area contributed by atoms with Crippen LogP contribution in [0.2, 0.25) is 0 Å². The summed E-state index contributed by atoms with van der Waals surface area (Å²) in [5.41, 5.74) is 2.68. The van der Waals surface area contributed by atoms with Gasteiger partial charge in [-0.2, -0.15) is 0 Å². The number of halogens is 1. The number of aromatic nitrogens is 1. The minimum absolute atomic E-state index is 0.126. The van der Waals surface area contributed by atoms with Crippen molar-refractivity contribution in [3.8, 4) is 0 Å². The van der Waals surface area contributed by atoms with Gasteiger partial charge in [-0.1, -0.05) is 20.8 Å². The molecule has 1 amide bonds. The van der Waals surface area contributed by atoms with Gasteiger partial charge in [0.25, 0.3) is 5.91 Å². The van der Waals surface area contributed by atoms with Crippen LogP contribution < -0.4 is 16.6 Å². The van der Waals surface area contributed by atoms with Crippen molar-refractivity contribution in [3.63, 3.8) is 0 Å². The molecule has 0 radical (unpaired) electrons. The van der Waals surface area contributed by atoms with E-state index in [9.17, 15) is 4.79 Å². The molecule has 0 atom stereocenters. The van der Waals surface area contributed by atoms with Crippen LogP contribution in [-0.4, -0.2) is 16.4 Å². The van der Waals surface area contributed by atoms with Gasteiger partial charge >= 0.3 is 0 Å². The van der Waals surface area contributed by atoms with E-state index in [1.165, 1.54) is 0 Å². The lowest BCUT2D eigenvalue weighted by molar-refractivity contribution is 0.0892. The molecule has 1 heterocycles. The number of nitrogens with zero attached hydrogens (tertiary/aromatic N) is 1. The van der Waals surface area contributed by atoms with Crippen molar-refractivity contribution in [2.45, 2.75) is 46.6 Å². The molecule has 0 fully saturated rings. The van der Waals surface area contributed by atoms with Crippen LogP contribution in [0.15, 0.2) is 16.7 Å². The number of hydrazine groups is 1. The molecule has 0 aromatic carbocycles. The Morgan fingerprint density at radius 1 is 1.35 bits per heavy atom. The Bertz CT molecular complexity index is 494. The average molecular weight is 343 g/mol. The molecule has 1 aromatic heterocycles. The fourth-order valence-electron chi connectivity index (χ4n) is 2.47. The van der Waals surface area contributed by atoms with Gasteiger partial charge in [-0.15, -0.1) is 0 Å². The summed E-state index contributed by atoms with van der Waals surface area (Å²) in [5, 5.41) is 3.04. The molecule has 112 valence electrons. The van der Waals surface area contributed by atoms with Crippen LogP contribution in [-0.2, 0) is 0 Å². The molecule has 4 N–H and O–H groups in total. The highest BCUT2D eigenvalue weighted by molar-refractivity contribution is 9.10. The molecule has 0 aliphatic carbocycles. The molecular formula is C14H23BrN4O. The predicted molar refractivity (Wildman–Crippen MR) is 85.4 cm³/mol. The van der Waals surface area contributed by atoms with Crippen LogP contribution in [0.3, 0.4) is 0 Å². The number of pyridine rings is 1. The molecule has 1 rings (SSSR count). The maximum atomic E-state index is 12.4. The largest absolute Gasteiger partial charge is 0.347 e. The van der Waals surface area contributed by atoms with Crippen LogP contribution in [0.25, 0.3) is 0 Å². The van der Waals surface area contributed by atoms with E-state index in [1.807, 2.05) is 13.8 Å². The van der Waals surface area contributed by atoms with E-state index >= 15 is 0 Å². The molecule has 6 heteroatoms. The van der Waals surface area contributed by atoms with Crippen LogP contribution in [0.5, 0.6) is 0 Å². The molecule has 0 saturated heterocycles. The summed E-state index contributed by atoms with van der Waals surface area (Å²) < 4.78 is 0.732. The molecule has 0 spiro atoms. The van der Waals surface area contributed by atoms with Crippen molar-refractivity contribution in [2.24, 2.45) is 11.3 Å². The van der Waals surface area contributed by atoms with Gasteiger partial charge in [-0.05, 0) is 47.7 Å². The number of rotatable bonds is 4. The zero-order valence-corrected chi connectivity index (χ0v) is 14.3. The Morgan fingerprint density at radius 2 is 1.95 bits per heavy atom. The fourth-order valence-corrected chi connectivity index (χ4v) is 2.80. The Kier molecular flexibility index (Phi) is 5.15. The van der Waals surface area contributed by atoms with Gasteiger partial charge in [-0.3, -0.25) is 4.79 Å². The third kappa shape index (κ3) is 5.09. The number of carbonyl (C=O) groups excluding carboxylic acids is 1. The number of carbonyl (C=O) groups is 1. The van der Waals surface area contributed by atoms with Gasteiger partial charge in [0.05, 0.1) is 5.56 Å². The van der Waals surface area contributed by atoms with Gasteiger partial charge in [0.15, 0.2) is 5.82 Å². The van der Waals surface area contributed by atoms with E-state index in [0.29, 0.717) is 11.4 Å². The van der Waals surface area contributed by atoms with Gasteiger partial charge in [0.2, 0.25) is 0 Å². The number of nitrogen functional groups attached to an aromatic ring is 1. The van der Waals surface area contributed by atoms with Crippen LogP contribution in [0, 0.1) is 5.41 Å². The lowest BCUT2D eigenvalue weighted by Gasteiger charge is -2.33. The standard InChI is InChI=1S/C14H23BrN4O/c1-13(2,3)8-14(4,5)18-12(20)10-6-9(15)7-17-11(10)19-16/h6-7H,8,16H2,1-5H3,(H,17,19)(H,18,20). The average Bonchev–Trinajstić information content (AvgIpc) is 2.24. The second-order valence-electron chi connectivity index (χ2n) is 6.77. The normalized spacial score (nSPS) is 12.2. The van der Waals surface area contributed by atoms with Crippen molar-refractivity contribution >= 4 is 27.7 Å². The molecule has 0 bridgehead atoms. The minimum Gasteiger partial charge on any atom is -0.347 e. The Balaban J connectivity index is 2.94. The topological polar surface area (TPSA) is 80.0 Å². The predicted octanol–water partition coefficient (Wildman–Crippen LogP) is 3.07. The van der Waals surface area contributed by atoms with Crippen molar-refractivity contribution in [1.29, 1.82) is 0 Å². The van der Waals surface area contributed by atoms with Gasteiger partial charge in [0, 0.05) is 16.2 Å². The zero-order valence-electron chi connectivity index (χ0n) is 12.7. The number of nitrogens with one attached hydrogen (secondary N) is 2. The SMILES string of the molecule is CC(C)(C)CC(C)(C)NC(=O)c1cc(Br)cnc1NN. The summed E-state index contributed by atoms with van der Waals surface area (Å²) in [6.07, 6.45) is 2.45. The summed E-state index contributed by atoms with van der Waals surface area (Å²) in [6, 6.07) is 1.70. The van der Waals surface area contributed by atoms with Crippen molar-refractivity contribution in [3.05, 3.63) is 22.3 Å². The summed E-state index contributed by atoms with van der Waals surface area (Å²) in [5.74, 6) is 5.56. The molecular weight excluding hydrogens is 320 g/mol. The molecule has 0 unspecified atom stereocenters. The molecule has 0 aliphatic rings. The third-order valence-corrected chi connectivity index (χ3v) is 3.09. The van der Waals surface area contributed by atoms with E-state index in [1.54, 1.807) is 12.3 Å². The molecule has 0 aliphatic heterocycles. The van der Waals surface area contributed by atoms with Crippen LogP contribution >= 0.6 is 15.9 Å². The quantitative estimate of drug-likeness (QED) is 0.580. The smallest absolute Gasteiger partial charge is 0.255 e. The monoisotopic (exact) mass is 342 g/mol. The van der Waals surface area contributed by atoms with E-state index in [2.05, 4.69) is 52.4 Å². The van der Waals surface area contributed by atoms with Crippen molar-refractivity contribution in [2.75, 3.05) is 5.43 Å². The number of hydrogen-bond acceptors (Lipinski definition) is 4. The number of anilines is 1. The molecule has 0 saturated carbocycles. The van der Waals surface area contributed by atoms with Crippen LogP contribution in [0.4, 0.5) is 5.82 Å². The first-order chi connectivity index (χ1) is 9.04. The molecule has 1 aromatic rings. The first kappa shape index (κ1) is 16.9. The first-order valence-corrected chi connectivity index (χ1v) is 7.28. The number of amides is 1. The van der Waals surface area contributed by atoms with Gasteiger partial charge in [-0.25, -0.2) is 10.8 Å². The highest BCUT2D eigenvalue weighted by Gasteiger charge is 2.28. The van der Waals surface area contributed by atoms with E-state index in [-0.39, 0.29) is 16.9 Å². The number of hydrogen-bond donors (Lipinski definition) is 3. The zero-order chi connectivity index (χ0) is 15.6. The van der Waals surface area contributed by atoms with Crippen molar-refractivity contribution in [1.82, 2.24) is 10.3 Å². The summed E-state index contributed by atoms with van der Waals surface area (Å²) in [4.78, 5) is 16.5. The third-order valence-electron chi connectivity index (χ3n) is 2.66. The second-order valence-corrected chi connectivity index (χ2v) is 7.69. The van der Waals surface area contributed by atoms with Crippen molar-refractivity contribution < 1.29 is 4.79 Å².